The summed E-state index contributed by atoms with van der Waals surface area (Å²) in [6, 6.07) is 0. The molecule has 0 heterocycles. The molecule has 0 bridgehead atoms. The van der Waals surface area contributed by atoms with E-state index >= 15 is 0 Å². The maximum Gasteiger partial charge on any atom is 0.267 e. The maximum absolute atomic E-state index is 10.9. The van der Waals surface area contributed by atoms with Gasteiger partial charge < -0.3 is 13.9 Å². The van der Waals surface area contributed by atoms with Gasteiger partial charge in [-0.2, -0.15) is 0 Å². The molecule has 13 heavy (non-hydrogen) atoms. The van der Waals surface area contributed by atoms with E-state index in [4.69, 9.17) is 0 Å². The van der Waals surface area contributed by atoms with Crippen molar-refractivity contribution in [1.29, 1.82) is 0 Å². The predicted molar refractivity (Wildman–Crippen MR) is 49.3 cm³/mol. The highest BCUT2D eigenvalue weighted by atomic mass is 31.2. The first kappa shape index (κ1) is 13.1. The minimum atomic E-state index is -4.02. The molecule has 0 spiro atoms. The highest BCUT2D eigenvalue weighted by Crippen LogP contribution is 2.38. The Morgan fingerprint density at radius 3 is 2.46 bits per heavy atom. The summed E-state index contributed by atoms with van der Waals surface area (Å²) >= 11 is 0. The Balaban J connectivity index is 3.67. The second-order valence-electron chi connectivity index (χ2n) is 3.05. The quantitative estimate of drug-likeness (QED) is 0.601. The van der Waals surface area contributed by atoms with Gasteiger partial charge in [-0.25, -0.2) is 0 Å². The van der Waals surface area contributed by atoms with E-state index in [2.05, 4.69) is 16.0 Å². The fraction of sp³-hybridized carbons (Fsp3) is 1.00. The normalized spacial score (nSPS) is 18.2. The number of phosphoric ester groups is 1. The van der Waals surface area contributed by atoms with Gasteiger partial charge in [-0.3, -0.25) is 4.57 Å². The van der Waals surface area contributed by atoms with Crippen LogP contribution in [0.5, 0.6) is 0 Å². The van der Waals surface area contributed by atoms with Crippen LogP contribution in [0.1, 0.15) is 33.6 Å². The molecule has 0 saturated heterocycles. The van der Waals surface area contributed by atoms with Crippen LogP contribution in [0, 0.1) is 5.92 Å². The first-order valence-electron chi connectivity index (χ1n) is 4.62. The van der Waals surface area contributed by atoms with E-state index in [-0.39, 0.29) is 19.1 Å². The Morgan fingerprint density at radius 2 is 2.00 bits per heavy atom. The zero-order chi connectivity index (χ0) is 10.3. The van der Waals surface area contributed by atoms with Crippen LogP contribution >= 0.6 is 7.82 Å². The van der Waals surface area contributed by atoms with Crippen molar-refractivity contribution < 1.29 is 18.5 Å². The monoisotopic (exact) mass is 209 g/mol. The van der Waals surface area contributed by atoms with Gasteiger partial charge in [0.1, 0.15) is 0 Å². The molecule has 0 aromatic rings. The number of rotatable bonds is 7. The van der Waals surface area contributed by atoms with E-state index in [0.29, 0.717) is 0 Å². The summed E-state index contributed by atoms with van der Waals surface area (Å²) < 4.78 is 20.0. The van der Waals surface area contributed by atoms with Gasteiger partial charge in [-0.05, 0) is 19.3 Å². The Kier molecular flexibility index (Phi) is 6.60. The van der Waals surface area contributed by atoms with Crippen LogP contribution in [-0.2, 0) is 13.6 Å². The molecular formula is C8H18O4P-. The molecule has 0 radical (unpaired) electrons. The van der Waals surface area contributed by atoms with Crippen molar-refractivity contribution in [3.05, 3.63) is 0 Å². The first-order valence-corrected chi connectivity index (χ1v) is 6.08. The van der Waals surface area contributed by atoms with E-state index < -0.39 is 7.82 Å². The zero-order valence-corrected chi connectivity index (χ0v) is 9.38. The van der Waals surface area contributed by atoms with Gasteiger partial charge in [0.15, 0.2) is 0 Å². The highest BCUT2D eigenvalue weighted by Gasteiger charge is 2.10. The lowest BCUT2D eigenvalue weighted by Crippen LogP contribution is -2.12. The Labute approximate surface area is 79.9 Å². The van der Waals surface area contributed by atoms with Gasteiger partial charge in [0.25, 0.3) is 7.82 Å². The topological polar surface area (TPSA) is 58.6 Å². The van der Waals surface area contributed by atoms with Gasteiger partial charge in [0.05, 0.1) is 13.2 Å². The van der Waals surface area contributed by atoms with E-state index in [9.17, 15) is 9.46 Å². The molecule has 0 aliphatic rings. The molecule has 0 amide bonds. The van der Waals surface area contributed by atoms with Gasteiger partial charge in [-0.15, -0.1) is 0 Å². The summed E-state index contributed by atoms with van der Waals surface area (Å²) in [4.78, 5) is 10.9. The molecule has 5 heteroatoms. The fourth-order valence-electron chi connectivity index (χ4n) is 0.990. The van der Waals surface area contributed by atoms with Crippen molar-refractivity contribution >= 4 is 7.82 Å². The van der Waals surface area contributed by atoms with Crippen molar-refractivity contribution in [3.8, 4) is 0 Å². The van der Waals surface area contributed by atoms with Crippen molar-refractivity contribution in [2.45, 2.75) is 33.6 Å². The zero-order valence-electron chi connectivity index (χ0n) is 8.49. The van der Waals surface area contributed by atoms with Crippen LogP contribution in [0.15, 0.2) is 0 Å². The van der Waals surface area contributed by atoms with Crippen molar-refractivity contribution in [3.63, 3.8) is 0 Å². The Hall–Kier alpha value is 0.110. The van der Waals surface area contributed by atoms with Crippen LogP contribution in [0.2, 0.25) is 0 Å². The van der Waals surface area contributed by atoms with E-state index in [1.165, 1.54) is 0 Å². The van der Waals surface area contributed by atoms with Crippen LogP contribution in [0.4, 0.5) is 0 Å². The van der Waals surface area contributed by atoms with Crippen LogP contribution in [0.25, 0.3) is 0 Å². The molecule has 0 aliphatic carbocycles. The van der Waals surface area contributed by atoms with Crippen LogP contribution in [-0.4, -0.2) is 13.2 Å². The molecule has 4 nitrogen and oxygen atoms in total. The lowest BCUT2D eigenvalue weighted by molar-refractivity contribution is -0.225. The van der Waals surface area contributed by atoms with Gasteiger partial charge in [0, 0.05) is 0 Å². The maximum atomic E-state index is 10.9. The number of hydrogen-bond acceptors (Lipinski definition) is 4. The van der Waals surface area contributed by atoms with Gasteiger partial charge in [-0.1, -0.05) is 20.3 Å². The van der Waals surface area contributed by atoms with Crippen LogP contribution in [0.3, 0.4) is 0 Å². The summed E-state index contributed by atoms with van der Waals surface area (Å²) in [5.41, 5.74) is 0. The van der Waals surface area contributed by atoms with E-state index in [0.717, 1.165) is 12.8 Å². The molecule has 2 atom stereocenters. The van der Waals surface area contributed by atoms with Crippen LogP contribution < -0.4 is 4.89 Å². The van der Waals surface area contributed by atoms with Crippen molar-refractivity contribution in [2.75, 3.05) is 13.2 Å². The number of phosphoric acid groups is 1. The average Bonchev–Trinajstić information content (AvgIpc) is 2.02. The lowest BCUT2D eigenvalue weighted by Gasteiger charge is -2.23. The summed E-state index contributed by atoms with van der Waals surface area (Å²) in [7, 11) is -4.02. The smallest absolute Gasteiger partial charge is 0.267 e. The van der Waals surface area contributed by atoms with E-state index in [1.807, 2.05) is 6.92 Å². The molecule has 80 valence electrons. The SMILES string of the molecule is CCCC(C)COP(=O)([O-])OCC. The summed E-state index contributed by atoms with van der Waals surface area (Å²) in [5.74, 6) is 0.257. The third-order valence-corrected chi connectivity index (χ3v) is 2.63. The second-order valence-corrected chi connectivity index (χ2v) is 4.47. The van der Waals surface area contributed by atoms with Gasteiger partial charge in [0.2, 0.25) is 0 Å². The molecule has 2 unspecified atom stereocenters. The average molecular weight is 209 g/mol. The highest BCUT2D eigenvalue weighted by molar-refractivity contribution is 7.45. The molecule has 0 aliphatic heterocycles. The first-order chi connectivity index (χ1) is 6.02. The van der Waals surface area contributed by atoms with Crippen molar-refractivity contribution in [2.24, 2.45) is 5.92 Å². The van der Waals surface area contributed by atoms with Gasteiger partial charge >= 0.3 is 0 Å². The standard InChI is InChI=1S/C8H19O4P/c1-4-6-8(3)7-12-13(9,10)11-5-2/h8H,4-7H2,1-3H3,(H,9,10)/p-1. The molecule has 0 fully saturated rings. The van der Waals surface area contributed by atoms with E-state index in [1.54, 1.807) is 6.92 Å². The Bertz CT molecular complexity index is 172. The summed E-state index contributed by atoms with van der Waals surface area (Å²) in [5, 5.41) is 0. The summed E-state index contributed by atoms with van der Waals surface area (Å²) in [6.07, 6.45) is 1.99. The minimum absolute atomic E-state index is 0.128. The minimum Gasteiger partial charge on any atom is -0.756 e. The number of hydrogen-bond donors (Lipinski definition) is 0. The lowest BCUT2D eigenvalue weighted by atomic mass is 10.1. The molecule has 0 rings (SSSR count). The molecule has 0 N–H and O–H groups in total. The Morgan fingerprint density at radius 1 is 1.38 bits per heavy atom. The molecule has 0 aromatic heterocycles. The largest absolute Gasteiger partial charge is 0.756 e. The molecule has 0 saturated carbocycles. The molecular weight excluding hydrogens is 191 g/mol. The third kappa shape index (κ3) is 7.20. The molecule has 0 aromatic carbocycles. The second kappa shape index (κ2) is 6.55. The van der Waals surface area contributed by atoms with Crippen molar-refractivity contribution in [1.82, 2.24) is 0 Å². The predicted octanol–water partition coefficient (Wildman–Crippen LogP) is 1.94. The fourth-order valence-corrected chi connectivity index (χ4v) is 1.82. The third-order valence-electron chi connectivity index (χ3n) is 1.59. The summed E-state index contributed by atoms with van der Waals surface area (Å²) in [6.45, 7) is 5.96.